The highest BCUT2D eigenvalue weighted by Crippen LogP contribution is 2.42. The zero-order valence-corrected chi connectivity index (χ0v) is 19.5. The fourth-order valence-corrected chi connectivity index (χ4v) is 5.27. The molecule has 0 spiro atoms. The summed E-state index contributed by atoms with van der Waals surface area (Å²) in [6.07, 6.45) is 1.53. The molecule has 5 rings (SSSR count). The summed E-state index contributed by atoms with van der Waals surface area (Å²) in [6.45, 7) is 3.84. The number of hydrogen-bond donors (Lipinski definition) is 1. The van der Waals surface area contributed by atoms with Crippen LogP contribution < -0.4 is 0 Å². The standard InChI is InChI=1S/C27H22N2O4S/c1-16-8-6-11-19(14-16)22-21(24(31)27(32)29(22)15-20-12-7-13-33-20)23(30)25-17(2)28-26(34-25)18-9-4-3-5-10-18/h3-14,22,31H,15H2,1-2H3. The molecule has 0 saturated heterocycles. The van der Waals surface area contributed by atoms with Crippen LogP contribution in [0.4, 0.5) is 0 Å². The Hall–Kier alpha value is -3.97. The molecule has 7 heteroatoms. The maximum atomic E-state index is 13.8. The molecule has 0 radical (unpaired) electrons. The second kappa shape index (κ2) is 8.76. The van der Waals surface area contributed by atoms with Crippen LogP contribution in [0.3, 0.4) is 0 Å². The number of thiazole rings is 1. The van der Waals surface area contributed by atoms with Gasteiger partial charge >= 0.3 is 0 Å². The van der Waals surface area contributed by atoms with Crippen molar-refractivity contribution in [2.45, 2.75) is 26.4 Å². The summed E-state index contributed by atoms with van der Waals surface area (Å²) in [6, 6.07) is 20.0. The maximum absolute atomic E-state index is 13.8. The predicted molar refractivity (Wildman–Crippen MR) is 129 cm³/mol. The van der Waals surface area contributed by atoms with Crippen molar-refractivity contribution in [3.8, 4) is 10.6 Å². The number of aryl methyl sites for hydroxylation is 2. The Morgan fingerprint density at radius 1 is 1.09 bits per heavy atom. The van der Waals surface area contributed by atoms with Gasteiger partial charge in [0.25, 0.3) is 5.91 Å². The van der Waals surface area contributed by atoms with Crippen LogP contribution in [0.1, 0.15) is 38.3 Å². The average Bonchev–Trinajstić information content (AvgIpc) is 3.55. The molecule has 0 aliphatic carbocycles. The van der Waals surface area contributed by atoms with Crippen LogP contribution >= 0.6 is 11.3 Å². The number of ketones is 1. The largest absolute Gasteiger partial charge is 0.503 e. The minimum absolute atomic E-state index is 0.0634. The molecule has 1 aliphatic rings. The predicted octanol–water partition coefficient (Wildman–Crippen LogP) is 5.80. The van der Waals surface area contributed by atoms with Gasteiger partial charge in [0.2, 0.25) is 5.78 Å². The summed E-state index contributed by atoms with van der Waals surface area (Å²) in [7, 11) is 0. The van der Waals surface area contributed by atoms with Crippen molar-refractivity contribution in [1.29, 1.82) is 0 Å². The second-order valence-electron chi connectivity index (χ2n) is 8.22. The molecule has 2 aromatic carbocycles. The number of Topliss-reactive ketones (excluding diaryl/α,β-unsaturated/α-hetero) is 1. The molecule has 1 atom stereocenters. The number of aliphatic hydroxyl groups excluding tert-OH is 1. The van der Waals surface area contributed by atoms with Gasteiger partial charge in [0.15, 0.2) is 5.76 Å². The molecule has 2 aromatic heterocycles. The van der Waals surface area contributed by atoms with E-state index in [0.717, 1.165) is 16.7 Å². The molecule has 0 saturated carbocycles. The number of aromatic nitrogens is 1. The van der Waals surface area contributed by atoms with E-state index in [1.807, 2.05) is 61.5 Å². The number of amides is 1. The molecular weight excluding hydrogens is 448 g/mol. The highest BCUT2D eigenvalue weighted by molar-refractivity contribution is 7.17. The summed E-state index contributed by atoms with van der Waals surface area (Å²) in [4.78, 5) is 33.5. The minimum atomic E-state index is -0.744. The van der Waals surface area contributed by atoms with Crippen molar-refractivity contribution in [3.05, 3.63) is 112 Å². The number of hydrogen-bond acceptors (Lipinski definition) is 6. The van der Waals surface area contributed by atoms with Gasteiger partial charge in [-0.15, -0.1) is 11.3 Å². The number of benzene rings is 2. The molecule has 34 heavy (non-hydrogen) atoms. The number of furan rings is 1. The first-order valence-corrected chi connectivity index (χ1v) is 11.7. The van der Waals surface area contributed by atoms with Gasteiger partial charge in [-0.2, -0.15) is 0 Å². The fourth-order valence-electron chi connectivity index (χ4n) is 4.24. The lowest BCUT2D eigenvalue weighted by Crippen LogP contribution is -2.30. The third-order valence-electron chi connectivity index (χ3n) is 5.84. The third-order valence-corrected chi connectivity index (χ3v) is 7.04. The van der Waals surface area contributed by atoms with Gasteiger partial charge in [-0.05, 0) is 31.5 Å². The number of aliphatic hydroxyl groups is 1. The summed E-state index contributed by atoms with van der Waals surface area (Å²) < 4.78 is 5.45. The lowest BCUT2D eigenvalue weighted by atomic mass is 9.94. The van der Waals surface area contributed by atoms with Crippen molar-refractivity contribution in [2.75, 3.05) is 0 Å². The average molecular weight is 471 g/mol. The van der Waals surface area contributed by atoms with Gasteiger partial charge in [0.1, 0.15) is 10.8 Å². The number of carbonyl (C=O) groups is 2. The van der Waals surface area contributed by atoms with Crippen LogP contribution in [-0.4, -0.2) is 26.7 Å². The molecule has 1 aliphatic heterocycles. The molecule has 3 heterocycles. The Balaban J connectivity index is 1.59. The lowest BCUT2D eigenvalue weighted by molar-refractivity contribution is -0.130. The van der Waals surface area contributed by atoms with E-state index in [4.69, 9.17) is 4.42 Å². The van der Waals surface area contributed by atoms with Crippen molar-refractivity contribution in [3.63, 3.8) is 0 Å². The van der Waals surface area contributed by atoms with Crippen molar-refractivity contribution < 1.29 is 19.1 Å². The smallest absolute Gasteiger partial charge is 0.290 e. The normalized spacial score (nSPS) is 15.9. The first-order chi connectivity index (χ1) is 16.4. The number of carbonyl (C=O) groups excluding carboxylic acids is 2. The van der Waals surface area contributed by atoms with Gasteiger partial charge in [-0.3, -0.25) is 9.59 Å². The van der Waals surface area contributed by atoms with Crippen LogP contribution in [0.15, 0.2) is 88.7 Å². The molecule has 0 fully saturated rings. The molecule has 4 aromatic rings. The molecule has 1 unspecified atom stereocenters. The van der Waals surface area contributed by atoms with Crippen LogP contribution in [0.5, 0.6) is 0 Å². The third kappa shape index (κ3) is 3.84. The zero-order valence-electron chi connectivity index (χ0n) is 18.7. The molecule has 6 nitrogen and oxygen atoms in total. The Morgan fingerprint density at radius 3 is 2.59 bits per heavy atom. The fraction of sp³-hybridized carbons (Fsp3) is 0.148. The van der Waals surface area contributed by atoms with Gasteiger partial charge in [0.05, 0.1) is 35.0 Å². The quantitative estimate of drug-likeness (QED) is 0.360. The van der Waals surface area contributed by atoms with E-state index < -0.39 is 23.5 Å². The van der Waals surface area contributed by atoms with Crippen molar-refractivity contribution in [2.24, 2.45) is 0 Å². The lowest BCUT2D eigenvalue weighted by Gasteiger charge is -2.26. The summed E-state index contributed by atoms with van der Waals surface area (Å²) in [5.41, 5.74) is 3.27. The zero-order chi connectivity index (χ0) is 23.8. The van der Waals surface area contributed by atoms with Gasteiger partial charge in [-0.25, -0.2) is 4.98 Å². The van der Waals surface area contributed by atoms with E-state index in [2.05, 4.69) is 4.98 Å². The Kier molecular flexibility index (Phi) is 5.63. The van der Waals surface area contributed by atoms with Gasteiger partial charge in [-0.1, -0.05) is 60.2 Å². The molecule has 0 bridgehead atoms. The van der Waals surface area contributed by atoms with Crippen LogP contribution in [0.25, 0.3) is 10.6 Å². The van der Waals surface area contributed by atoms with Crippen LogP contribution in [0.2, 0.25) is 0 Å². The van der Waals surface area contributed by atoms with Crippen molar-refractivity contribution in [1.82, 2.24) is 9.88 Å². The minimum Gasteiger partial charge on any atom is -0.503 e. The van der Waals surface area contributed by atoms with E-state index in [9.17, 15) is 14.7 Å². The highest BCUT2D eigenvalue weighted by Gasteiger charge is 2.44. The van der Waals surface area contributed by atoms with E-state index in [1.165, 1.54) is 22.5 Å². The number of rotatable bonds is 6. The second-order valence-corrected chi connectivity index (χ2v) is 9.22. The Labute approximate surface area is 200 Å². The molecule has 170 valence electrons. The van der Waals surface area contributed by atoms with E-state index in [0.29, 0.717) is 21.3 Å². The highest BCUT2D eigenvalue weighted by atomic mass is 32.1. The monoisotopic (exact) mass is 470 g/mol. The first kappa shape index (κ1) is 21.9. The summed E-state index contributed by atoms with van der Waals surface area (Å²) in [5.74, 6) is -0.960. The summed E-state index contributed by atoms with van der Waals surface area (Å²) >= 11 is 1.26. The molecule has 1 N–H and O–H groups in total. The topological polar surface area (TPSA) is 83.6 Å². The molecule has 1 amide bonds. The number of nitrogens with zero attached hydrogens (tertiary/aromatic N) is 2. The van der Waals surface area contributed by atoms with Crippen molar-refractivity contribution >= 4 is 23.0 Å². The van der Waals surface area contributed by atoms with E-state index in [1.54, 1.807) is 19.1 Å². The first-order valence-electron chi connectivity index (χ1n) is 10.8. The van der Waals surface area contributed by atoms with Crippen LogP contribution in [-0.2, 0) is 11.3 Å². The van der Waals surface area contributed by atoms with Gasteiger partial charge in [0, 0.05) is 5.56 Å². The SMILES string of the molecule is Cc1cccc(C2C(C(=O)c3sc(-c4ccccc4)nc3C)=C(O)C(=O)N2Cc2ccco2)c1. The van der Waals surface area contributed by atoms with E-state index in [-0.39, 0.29) is 12.1 Å². The summed E-state index contributed by atoms with van der Waals surface area (Å²) in [5, 5.41) is 11.6. The molecular formula is C27H22N2O4S. The maximum Gasteiger partial charge on any atom is 0.290 e. The Bertz CT molecular complexity index is 1400. The van der Waals surface area contributed by atoms with E-state index >= 15 is 0 Å². The van der Waals surface area contributed by atoms with Gasteiger partial charge < -0.3 is 14.4 Å². The Morgan fingerprint density at radius 2 is 1.88 bits per heavy atom. The van der Waals surface area contributed by atoms with Crippen LogP contribution in [0, 0.1) is 13.8 Å².